The average molecular weight is 529 g/mol. The maximum absolute atomic E-state index is 13.7. The molecule has 3 aromatic rings. The standard InChI is InChI=1S/C27H36N4O3S2/c1-5-29(6-2)18-19-31(27-28-25-21(4)20(3)10-15-24(25)35-27)26(32)22-11-13-23(14-12-22)36(33,34)30-16-8-7-9-17-30/h10-15H,5-9,16-19H2,1-4H3. The van der Waals surface area contributed by atoms with Gasteiger partial charge in [0.05, 0.1) is 15.1 Å². The summed E-state index contributed by atoms with van der Waals surface area (Å²) in [6.07, 6.45) is 2.84. The Labute approximate surface area is 218 Å². The number of carbonyl (C=O) groups is 1. The monoisotopic (exact) mass is 528 g/mol. The van der Waals surface area contributed by atoms with Crippen molar-refractivity contribution in [1.82, 2.24) is 14.2 Å². The van der Waals surface area contributed by atoms with Crippen molar-refractivity contribution < 1.29 is 13.2 Å². The number of thiazole rings is 1. The maximum Gasteiger partial charge on any atom is 0.260 e. The van der Waals surface area contributed by atoms with Crippen LogP contribution in [0.4, 0.5) is 5.13 Å². The molecule has 0 bridgehead atoms. The van der Waals surface area contributed by atoms with E-state index in [1.54, 1.807) is 33.5 Å². The number of piperidine rings is 1. The van der Waals surface area contributed by atoms with Crippen molar-refractivity contribution in [3.05, 3.63) is 53.1 Å². The Hall–Kier alpha value is -2.33. The number of likely N-dealkylation sites (N-methyl/N-ethyl adjacent to an activating group) is 1. The van der Waals surface area contributed by atoms with E-state index in [1.165, 1.54) is 16.9 Å². The number of aromatic nitrogens is 1. The molecule has 0 aliphatic carbocycles. The van der Waals surface area contributed by atoms with E-state index in [0.717, 1.165) is 54.7 Å². The number of amides is 1. The molecule has 194 valence electrons. The van der Waals surface area contributed by atoms with Crippen LogP contribution in [-0.2, 0) is 10.0 Å². The van der Waals surface area contributed by atoms with Crippen molar-refractivity contribution in [2.24, 2.45) is 0 Å². The molecule has 0 spiro atoms. The summed E-state index contributed by atoms with van der Waals surface area (Å²) in [6.45, 7) is 12.5. The molecule has 1 aliphatic heterocycles. The fourth-order valence-corrected chi connectivity index (χ4v) is 7.14. The summed E-state index contributed by atoms with van der Waals surface area (Å²) >= 11 is 1.52. The molecular formula is C27H36N4O3S2. The molecular weight excluding hydrogens is 492 g/mol. The SMILES string of the molecule is CCN(CC)CCN(C(=O)c1ccc(S(=O)(=O)N2CCCCC2)cc1)c1nc2c(C)c(C)ccc2s1. The highest BCUT2D eigenvalue weighted by Crippen LogP contribution is 2.33. The van der Waals surface area contributed by atoms with Crippen molar-refractivity contribution in [2.45, 2.75) is 51.9 Å². The molecule has 1 fully saturated rings. The Kier molecular flexibility index (Phi) is 8.44. The Morgan fingerprint density at radius 3 is 2.28 bits per heavy atom. The first-order valence-electron chi connectivity index (χ1n) is 12.8. The van der Waals surface area contributed by atoms with Gasteiger partial charge in [0, 0.05) is 31.7 Å². The third-order valence-electron chi connectivity index (χ3n) is 7.14. The zero-order valence-electron chi connectivity index (χ0n) is 21.7. The number of nitrogens with zero attached hydrogens (tertiary/aromatic N) is 4. The van der Waals surface area contributed by atoms with Crippen molar-refractivity contribution in [2.75, 3.05) is 44.2 Å². The van der Waals surface area contributed by atoms with Gasteiger partial charge in [0.25, 0.3) is 5.91 Å². The minimum absolute atomic E-state index is 0.169. The molecule has 0 saturated carbocycles. The van der Waals surface area contributed by atoms with Gasteiger partial charge in [0.1, 0.15) is 0 Å². The lowest BCUT2D eigenvalue weighted by atomic mass is 10.1. The van der Waals surface area contributed by atoms with Crippen LogP contribution in [0.15, 0.2) is 41.3 Å². The van der Waals surface area contributed by atoms with Crippen LogP contribution in [0.5, 0.6) is 0 Å². The number of fused-ring (bicyclic) bond motifs is 1. The van der Waals surface area contributed by atoms with Gasteiger partial charge in [-0.15, -0.1) is 0 Å². The molecule has 2 heterocycles. The third-order valence-corrected chi connectivity index (χ3v) is 10.1. The number of benzene rings is 2. The summed E-state index contributed by atoms with van der Waals surface area (Å²) in [5, 5.41) is 0.667. The van der Waals surface area contributed by atoms with E-state index in [2.05, 4.69) is 44.7 Å². The molecule has 1 aromatic heterocycles. The van der Waals surface area contributed by atoms with E-state index in [9.17, 15) is 13.2 Å². The molecule has 1 amide bonds. The summed E-state index contributed by atoms with van der Waals surface area (Å²) in [7, 11) is -3.54. The molecule has 0 unspecified atom stereocenters. The third kappa shape index (κ3) is 5.49. The van der Waals surface area contributed by atoms with Crippen LogP contribution in [0, 0.1) is 13.8 Å². The van der Waals surface area contributed by atoms with Crippen LogP contribution in [0.25, 0.3) is 10.2 Å². The first-order valence-corrected chi connectivity index (χ1v) is 15.0. The normalized spacial score (nSPS) is 15.0. The summed E-state index contributed by atoms with van der Waals surface area (Å²) in [5.74, 6) is -0.169. The second-order valence-electron chi connectivity index (χ2n) is 9.32. The van der Waals surface area contributed by atoms with Crippen LogP contribution in [0.3, 0.4) is 0 Å². The summed E-state index contributed by atoms with van der Waals surface area (Å²) in [4.78, 5) is 22.9. The minimum atomic E-state index is -3.54. The Morgan fingerprint density at radius 2 is 1.64 bits per heavy atom. The number of carbonyl (C=O) groups excluding carboxylic acids is 1. The van der Waals surface area contributed by atoms with Gasteiger partial charge in [-0.3, -0.25) is 9.69 Å². The fraction of sp³-hybridized carbons (Fsp3) is 0.481. The van der Waals surface area contributed by atoms with E-state index >= 15 is 0 Å². The topological polar surface area (TPSA) is 73.8 Å². The van der Waals surface area contributed by atoms with Gasteiger partial charge >= 0.3 is 0 Å². The van der Waals surface area contributed by atoms with Gasteiger partial charge in [-0.1, -0.05) is 37.7 Å². The number of hydrogen-bond acceptors (Lipinski definition) is 6. The highest BCUT2D eigenvalue weighted by atomic mass is 32.2. The van der Waals surface area contributed by atoms with Gasteiger partial charge < -0.3 is 4.90 Å². The Balaban J connectivity index is 1.64. The van der Waals surface area contributed by atoms with Crippen LogP contribution in [0.1, 0.15) is 54.6 Å². The summed E-state index contributed by atoms with van der Waals surface area (Å²) < 4.78 is 28.7. The lowest BCUT2D eigenvalue weighted by Crippen LogP contribution is -2.39. The summed E-state index contributed by atoms with van der Waals surface area (Å²) in [6, 6.07) is 10.5. The highest BCUT2D eigenvalue weighted by molar-refractivity contribution is 7.89. The highest BCUT2D eigenvalue weighted by Gasteiger charge is 2.27. The Morgan fingerprint density at radius 1 is 0.972 bits per heavy atom. The first-order chi connectivity index (χ1) is 17.3. The number of sulfonamides is 1. The second-order valence-corrected chi connectivity index (χ2v) is 12.3. The lowest BCUT2D eigenvalue weighted by Gasteiger charge is -2.26. The number of anilines is 1. The second kappa shape index (κ2) is 11.4. The summed E-state index contributed by atoms with van der Waals surface area (Å²) in [5.41, 5.74) is 3.68. The lowest BCUT2D eigenvalue weighted by molar-refractivity contribution is 0.0983. The quantitative estimate of drug-likeness (QED) is 0.387. The van der Waals surface area contributed by atoms with E-state index in [0.29, 0.717) is 30.3 Å². The van der Waals surface area contributed by atoms with Gasteiger partial charge in [-0.2, -0.15) is 4.31 Å². The van der Waals surface area contributed by atoms with E-state index in [1.807, 2.05) is 0 Å². The zero-order valence-corrected chi connectivity index (χ0v) is 23.3. The minimum Gasteiger partial charge on any atom is -0.302 e. The van der Waals surface area contributed by atoms with Gasteiger partial charge in [0.15, 0.2) is 5.13 Å². The van der Waals surface area contributed by atoms with E-state index in [4.69, 9.17) is 4.98 Å². The largest absolute Gasteiger partial charge is 0.302 e. The van der Waals surface area contributed by atoms with Crippen molar-refractivity contribution in [1.29, 1.82) is 0 Å². The molecule has 9 heteroatoms. The van der Waals surface area contributed by atoms with Crippen LogP contribution in [-0.4, -0.2) is 67.8 Å². The van der Waals surface area contributed by atoms with E-state index < -0.39 is 10.0 Å². The first kappa shape index (κ1) is 26.7. The molecule has 1 saturated heterocycles. The molecule has 36 heavy (non-hydrogen) atoms. The Bertz CT molecular complexity index is 1310. The molecule has 7 nitrogen and oxygen atoms in total. The van der Waals surface area contributed by atoms with Crippen LogP contribution in [0.2, 0.25) is 0 Å². The fourth-order valence-electron chi connectivity index (χ4n) is 4.57. The van der Waals surface area contributed by atoms with Crippen molar-refractivity contribution >= 4 is 42.6 Å². The van der Waals surface area contributed by atoms with Crippen molar-refractivity contribution in [3.63, 3.8) is 0 Å². The number of hydrogen-bond donors (Lipinski definition) is 0. The van der Waals surface area contributed by atoms with Gasteiger partial charge in [0.2, 0.25) is 10.0 Å². The average Bonchev–Trinajstić information content (AvgIpc) is 3.34. The zero-order chi connectivity index (χ0) is 25.9. The smallest absolute Gasteiger partial charge is 0.260 e. The molecule has 0 N–H and O–H groups in total. The number of aryl methyl sites for hydroxylation is 2. The molecule has 1 aliphatic rings. The molecule has 0 atom stereocenters. The van der Waals surface area contributed by atoms with E-state index in [-0.39, 0.29) is 10.8 Å². The molecule has 2 aromatic carbocycles. The molecule has 0 radical (unpaired) electrons. The number of rotatable bonds is 9. The van der Waals surface area contributed by atoms with Crippen LogP contribution < -0.4 is 4.90 Å². The van der Waals surface area contributed by atoms with Crippen LogP contribution >= 0.6 is 11.3 Å². The predicted octanol–water partition coefficient (Wildman–Crippen LogP) is 5.08. The van der Waals surface area contributed by atoms with Crippen molar-refractivity contribution in [3.8, 4) is 0 Å². The maximum atomic E-state index is 13.7. The predicted molar refractivity (Wildman–Crippen MR) is 148 cm³/mol. The van der Waals surface area contributed by atoms with Gasteiger partial charge in [-0.05, 0) is 81.2 Å². The molecule has 4 rings (SSSR count). The van der Waals surface area contributed by atoms with Gasteiger partial charge in [-0.25, -0.2) is 13.4 Å².